The van der Waals surface area contributed by atoms with Crippen LogP contribution in [0, 0.1) is 0 Å². The summed E-state index contributed by atoms with van der Waals surface area (Å²) in [6, 6.07) is 9.47. The Morgan fingerprint density at radius 1 is 1.21 bits per heavy atom. The minimum absolute atomic E-state index is 0.0191. The fourth-order valence-electron chi connectivity index (χ4n) is 2.99. The summed E-state index contributed by atoms with van der Waals surface area (Å²) in [5.74, 6) is 0.357. The van der Waals surface area contributed by atoms with Crippen molar-refractivity contribution in [3.05, 3.63) is 54.0 Å². The number of anilines is 1. The van der Waals surface area contributed by atoms with Crippen molar-refractivity contribution in [3.8, 4) is 11.1 Å². The maximum atomic E-state index is 12.0. The highest BCUT2D eigenvalue weighted by Gasteiger charge is 2.30. The van der Waals surface area contributed by atoms with E-state index in [2.05, 4.69) is 9.97 Å². The van der Waals surface area contributed by atoms with Gasteiger partial charge < -0.3 is 0 Å². The van der Waals surface area contributed by atoms with E-state index in [0.717, 1.165) is 39.0 Å². The number of rotatable bonds is 2. The second kappa shape index (κ2) is 5.43. The first kappa shape index (κ1) is 15.4. The zero-order valence-electron chi connectivity index (χ0n) is 12.9. The second-order valence-electron chi connectivity index (χ2n) is 5.76. The minimum Gasteiger partial charge on any atom is -0.273 e. The monoisotopic (exact) mass is 359 g/mol. The fourth-order valence-corrected chi connectivity index (χ4v) is 4.43. The van der Waals surface area contributed by atoms with Crippen molar-refractivity contribution >= 4 is 38.2 Å². The molecule has 0 atom stereocenters. The number of benzene rings is 1. The number of aromatic nitrogens is 2. The number of pyridine rings is 2. The van der Waals surface area contributed by atoms with E-state index in [1.54, 1.807) is 19.4 Å². The Hall–Kier alpha value is -2.18. The van der Waals surface area contributed by atoms with E-state index in [-0.39, 0.29) is 5.75 Å². The van der Waals surface area contributed by atoms with Crippen LogP contribution in [-0.2, 0) is 21.7 Å². The molecule has 1 aliphatic heterocycles. The van der Waals surface area contributed by atoms with Gasteiger partial charge >= 0.3 is 0 Å². The average Bonchev–Trinajstić information content (AvgIpc) is 2.82. The summed E-state index contributed by atoms with van der Waals surface area (Å²) in [6.45, 7) is 0. The highest BCUT2D eigenvalue weighted by molar-refractivity contribution is 7.92. The Morgan fingerprint density at radius 3 is 2.83 bits per heavy atom. The number of nitrogens with zero attached hydrogens (tertiary/aromatic N) is 3. The Morgan fingerprint density at radius 2 is 2.04 bits per heavy atom. The zero-order chi connectivity index (χ0) is 16.9. The van der Waals surface area contributed by atoms with E-state index in [9.17, 15) is 8.42 Å². The summed E-state index contributed by atoms with van der Waals surface area (Å²) in [5.41, 5.74) is 4.89. The standard InChI is InChI=1S/C17H14ClN3O2S/c1-21-16-5-3-11(6-13(16)10-24(21,22)23)15-9-19-8-12-2-4-14(7-18)20-17(12)15/h2-6,8-9H,7,10H2,1H3. The molecule has 122 valence electrons. The molecule has 0 radical (unpaired) electrons. The van der Waals surface area contributed by atoms with Crippen LogP contribution in [0.15, 0.2) is 42.7 Å². The molecule has 0 N–H and O–H groups in total. The van der Waals surface area contributed by atoms with Gasteiger partial charge in [0, 0.05) is 30.4 Å². The first-order valence-electron chi connectivity index (χ1n) is 7.39. The summed E-state index contributed by atoms with van der Waals surface area (Å²) >= 11 is 5.90. The zero-order valence-corrected chi connectivity index (χ0v) is 14.5. The molecule has 3 aromatic rings. The highest BCUT2D eigenvalue weighted by atomic mass is 35.5. The fraction of sp³-hybridized carbons (Fsp3) is 0.176. The summed E-state index contributed by atoms with van der Waals surface area (Å²) < 4.78 is 25.4. The second-order valence-corrected chi connectivity index (χ2v) is 8.03. The highest BCUT2D eigenvalue weighted by Crippen LogP contribution is 2.36. The molecular weight excluding hydrogens is 346 g/mol. The van der Waals surface area contributed by atoms with Gasteiger partial charge in [0.15, 0.2) is 0 Å². The van der Waals surface area contributed by atoms with Crippen LogP contribution in [0.4, 0.5) is 5.69 Å². The first-order valence-corrected chi connectivity index (χ1v) is 9.53. The number of sulfonamides is 1. The van der Waals surface area contributed by atoms with Crippen LogP contribution >= 0.6 is 11.6 Å². The quantitative estimate of drug-likeness (QED) is 0.658. The molecule has 0 aliphatic carbocycles. The van der Waals surface area contributed by atoms with Crippen LogP contribution in [-0.4, -0.2) is 25.4 Å². The molecule has 0 saturated heterocycles. The van der Waals surface area contributed by atoms with Crippen molar-refractivity contribution in [1.29, 1.82) is 0 Å². The Kier molecular flexibility index (Phi) is 3.47. The molecular formula is C17H14ClN3O2S. The Balaban J connectivity index is 1.91. The third-order valence-electron chi connectivity index (χ3n) is 4.28. The molecule has 3 heterocycles. The van der Waals surface area contributed by atoms with Gasteiger partial charge in [-0.2, -0.15) is 0 Å². The van der Waals surface area contributed by atoms with Crippen LogP contribution in [0.25, 0.3) is 22.0 Å². The molecule has 1 aliphatic rings. The lowest BCUT2D eigenvalue weighted by atomic mass is 10.0. The third kappa shape index (κ3) is 2.34. The number of fused-ring (bicyclic) bond motifs is 2. The minimum atomic E-state index is -3.25. The maximum Gasteiger partial charge on any atom is 0.239 e. The molecule has 5 nitrogen and oxygen atoms in total. The van der Waals surface area contributed by atoms with Crippen molar-refractivity contribution < 1.29 is 8.42 Å². The van der Waals surface area contributed by atoms with Gasteiger partial charge in [-0.3, -0.25) is 14.3 Å². The predicted octanol–water partition coefficient (Wildman–Crippen LogP) is 3.32. The van der Waals surface area contributed by atoms with Gasteiger partial charge in [0.2, 0.25) is 10.0 Å². The molecule has 7 heteroatoms. The molecule has 0 spiro atoms. The topological polar surface area (TPSA) is 63.2 Å². The van der Waals surface area contributed by atoms with Gasteiger partial charge in [-0.15, -0.1) is 11.6 Å². The van der Waals surface area contributed by atoms with Gasteiger partial charge in [0.1, 0.15) is 0 Å². The number of hydrogen-bond donors (Lipinski definition) is 0. The van der Waals surface area contributed by atoms with Gasteiger partial charge in [-0.25, -0.2) is 8.42 Å². The predicted molar refractivity (Wildman–Crippen MR) is 95.6 cm³/mol. The summed E-state index contributed by atoms with van der Waals surface area (Å²) in [7, 11) is -1.67. The van der Waals surface area contributed by atoms with Gasteiger partial charge in [0.25, 0.3) is 0 Å². The van der Waals surface area contributed by atoms with E-state index in [4.69, 9.17) is 11.6 Å². The summed E-state index contributed by atoms with van der Waals surface area (Å²) in [6.07, 6.45) is 3.51. The van der Waals surface area contributed by atoms with E-state index in [1.165, 1.54) is 4.31 Å². The third-order valence-corrected chi connectivity index (χ3v) is 6.26. The van der Waals surface area contributed by atoms with Crippen molar-refractivity contribution in [1.82, 2.24) is 9.97 Å². The molecule has 4 rings (SSSR count). The summed E-state index contributed by atoms with van der Waals surface area (Å²) in [4.78, 5) is 8.89. The molecule has 0 amide bonds. The van der Waals surface area contributed by atoms with Crippen LogP contribution in [0.1, 0.15) is 11.3 Å². The lowest BCUT2D eigenvalue weighted by Crippen LogP contribution is -2.20. The largest absolute Gasteiger partial charge is 0.273 e. The Labute approximate surface area is 145 Å². The molecule has 0 saturated carbocycles. The van der Waals surface area contributed by atoms with Gasteiger partial charge in [-0.05, 0) is 35.4 Å². The average molecular weight is 360 g/mol. The van der Waals surface area contributed by atoms with Crippen LogP contribution in [0.2, 0.25) is 0 Å². The smallest absolute Gasteiger partial charge is 0.239 e. The normalized spacial score (nSPS) is 15.7. The van der Waals surface area contributed by atoms with Crippen LogP contribution < -0.4 is 4.31 Å². The molecule has 24 heavy (non-hydrogen) atoms. The van der Waals surface area contributed by atoms with Crippen molar-refractivity contribution in [2.24, 2.45) is 0 Å². The van der Waals surface area contributed by atoms with Crippen molar-refractivity contribution in [2.75, 3.05) is 11.4 Å². The van der Waals surface area contributed by atoms with Crippen molar-refractivity contribution in [2.45, 2.75) is 11.6 Å². The van der Waals surface area contributed by atoms with Gasteiger partial charge in [-0.1, -0.05) is 6.07 Å². The number of alkyl halides is 1. The molecule has 0 unspecified atom stereocenters. The molecule has 1 aromatic carbocycles. The number of hydrogen-bond acceptors (Lipinski definition) is 4. The maximum absolute atomic E-state index is 12.0. The van der Waals surface area contributed by atoms with Crippen molar-refractivity contribution in [3.63, 3.8) is 0 Å². The van der Waals surface area contributed by atoms with E-state index in [1.807, 2.05) is 30.3 Å². The molecule has 2 aromatic heterocycles. The lowest BCUT2D eigenvalue weighted by Gasteiger charge is -2.12. The molecule has 0 bridgehead atoms. The van der Waals surface area contributed by atoms with E-state index >= 15 is 0 Å². The number of halogens is 1. The van der Waals surface area contributed by atoms with Crippen LogP contribution in [0.5, 0.6) is 0 Å². The van der Waals surface area contributed by atoms with Crippen LogP contribution in [0.3, 0.4) is 0 Å². The summed E-state index contributed by atoms with van der Waals surface area (Å²) in [5, 5.41) is 0.923. The van der Waals surface area contributed by atoms with E-state index in [0.29, 0.717) is 5.88 Å². The van der Waals surface area contributed by atoms with E-state index < -0.39 is 10.0 Å². The molecule has 0 fully saturated rings. The first-order chi connectivity index (χ1) is 11.5. The SMILES string of the molecule is CN1c2ccc(-c3cncc4ccc(CCl)nc34)cc2CS1(=O)=O. The Bertz CT molecular complexity index is 1070. The lowest BCUT2D eigenvalue weighted by molar-refractivity contribution is 0.596. The van der Waals surface area contributed by atoms with Gasteiger partial charge in [0.05, 0.1) is 28.5 Å².